The molecule has 1 amide bonds. The second kappa shape index (κ2) is 7.53. The fourth-order valence-electron chi connectivity index (χ4n) is 2.33. The number of sulfonamides is 1. The van der Waals surface area contributed by atoms with Gasteiger partial charge in [-0.15, -0.1) is 11.3 Å². The lowest BCUT2D eigenvalue weighted by atomic mass is 10.3. The second-order valence-corrected chi connectivity index (χ2v) is 9.04. The van der Waals surface area contributed by atoms with E-state index in [0.29, 0.717) is 21.6 Å². The Balaban J connectivity index is 1.76. The fourth-order valence-corrected chi connectivity index (χ4v) is 4.25. The Labute approximate surface area is 168 Å². The van der Waals surface area contributed by atoms with E-state index < -0.39 is 21.0 Å². The SMILES string of the molecule is CS(=O)(=O)Nc1ccc(NNC(=O)n2c(=S)sc3cc([N+](=O)[O-])ccc32)cc1. The highest BCUT2D eigenvalue weighted by atomic mass is 32.2. The van der Waals surface area contributed by atoms with Crippen LogP contribution in [-0.4, -0.2) is 30.2 Å². The maximum atomic E-state index is 12.5. The number of nitro groups is 1. The molecule has 0 fully saturated rings. The van der Waals surface area contributed by atoms with Gasteiger partial charge in [0.25, 0.3) is 5.69 Å². The average Bonchev–Trinajstić information content (AvgIpc) is 2.94. The van der Waals surface area contributed by atoms with Gasteiger partial charge in [0.15, 0.2) is 3.95 Å². The van der Waals surface area contributed by atoms with Gasteiger partial charge in [0, 0.05) is 17.8 Å². The van der Waals surface area contributed by atoms with Gasteiger partial charge in [-0.1, -0.05) is 0 Å². The van der Waals surface area contributed by atoms with Crippen LogP contribution in [0.4, 0.5) is 21.9 Å². The van der Waals surface area contributed by atoms with E-state index in [0.717, 1.165) is 17.6 Å². The molecule has 0 radical (unpaired) electrons. The van der Waals surface area contributed by atoms with E-state index in [9.17, 15) is 23.3 Å². The van der Waals surface area contributed by atoms with Crippen molar-refractivity contribution in [3.8, 4) is 0 Å². The quantitative estimate of drug-likeness (QED) is 0.315. The molecule has 0 atom stereocenters. The molecule has 3 aromatic rings. The van der Waals surface area contributed by atoms with E-state index in [4.69, 9.17) is 12.2 Å². The second-order valence-electron chi connectivity index (χ2n) is 5.62. The Kier molecular flexibility index (Phi) is 5.31. The number of anilines is 2. The third-order valence-corrected chi connectivity index (χ3v) is 5.42. The largest absolute Gasteiger partial charge is 0.346 e. The highest BCUT2D eigenvalue weighted by molar-refractivity contribution is 7.92. The molecule has 0 saturated heterocycles. The molecule has 0 aliphatic carbocycles. The number of aromatic nitrogens is 1. The molecule has 13 heteroatoms. The van der Waals surface area contributed by atoms with Crippen LogP contribution in [0.2, 0.25) is 0 Å². The summed E-state index contributed by atoms with van der Waals surface area (Å²) in [6.45, 7) is 0. The number of nitro benzene ring substituents is 1. The maximum Gasteiger partial charge on any atom is 0.346 e. The molecule has 1 aromatic heterocycles. The predicted molar refractivity (Wildman–Crippen MR) is 110 cm³/mol. The van der Waals surface area contributed by atoms with Gasteiger partial charge in [-0.25, -0.2) is 17.8 Å². The summed E-state index contributed by atoms with van der Waals surface area (Å²) in [5.74, 6) is 0. The lowest BCUT2D eigenvalue weighted by Crippen LogP contribution is -2.33. The van der Waals surface area contributed by atoms with Gasteiger partial charge in [0.1, 0.15) is 0 Å². The van der Waals surface area contributed by atoms with E-state index in [1.807, 2.05) is 0 Å². The number of non-ortho nitro benzene ring substituents is 1. The van der Waals surface area contributed by atoms with Crippen molar-refractivity contribution in [3.05, 3.63) is 56.5 Å². The number of nitrogens with zero attached hydrogens (tertiary/aromatic N) is 2. The third kappa shape index (κ3) is 4.44. The number of hydrogen-bond donors (Lipinski definition) is 3. The van der Waals surface area contributed by atoms with Gasteiger partial charge in [-0.3, -0.25) is 25.7 Å². The Morgan fingerprint density at radius 2 is 1.82 bits per heavy atom. The van der Waals surface area contributed by atoms with Crippen molar-refractivity contribution in [3.63, 3.8) is 0 Å². The molecule has 3 N–H and O–H groups in total. The van der Waals surface area contributed by atoms with Gasteiger partial charge in [-0.05, 0) is 42.5 Å². The third-order valence-electron chi connectivity index (χ3n) is 3.48. The summed E-state index contributed by atoms with van der Waals surface area (Å²) < 4.78 is 26.7. The van der Waals surface area contributed by atoms with Crippen LogP contribution in [0.15, 0.2) is 42.5 Å². The molecule has 1 heterocycles. The number of rotatable bonds is 5. The van der Waals surface area contributed by atoms with Crippen molar-refractivity contribution >= 4 is 66.9 Å². The van der Waals surface area contributed by atoms with E-state index in [-0.39, 0.29) is 9.64 Å². The molecule has 0 unspecified atom stereocenters. The number of hydrogen-bond acceptors (Lipinski definition) is 8. The summed E-state index contributed by atoms with van der Waals surface area (Å²) in [4.78, 5) is 22.9. The molecule has 0 aliphatic heterocycles. The minimum Gasteiger partial charge on any atom is -0.297 e. The average molecular weight is 440 g/mol. The van der Waals surface area contributed by atoms with Crippen LogP contribution < -0.4 is 15.6 Å². The van der Waals surface area contributed by atoms with Crippen molar-refractivity contribution in [2.75, 3.05) is 16.4 Å². The van der Waals surface area contributed by atoms with Gasteiger partial charge in [-0.2, -0.15) is 0 Å². The number of hydrazine groups is 1. The monoisotopic (exact) mass is 439 g/mol. The minimum atomic E-state index is -3.38. The molecule has 0 bridgehead atoms. The zero-order valence-corrected chi connectivity index (χ0v) is 16.7. The van der Waals surface area contributed by atoms with Crippen molar-refractivity contribution in [2.45, 2.75) is 0 Å². The smallest absolute Gasteiger partial charge is 0.297 e. The van der Waals surface area contributed by atoms with Crippen molar-refractivity contribution < 1.29 is 18.1 Å². The number of fused-ring (bicyclic) bond motifs is 1. The van der Waals surface area contributed by atoms with Crippen LogP contribution in [0.5, 0.6) is 0 Å². The molecule has 0 spiro atoms. The Hall–Kier alpha value is -3.03. The lowest BCUT2D eigenvalue weighted by molar-refractivity contribution is -0.384. The van der Waals surface area contributed by atoms with E-state index >= 15 is 0 Å². The summed E-state index contributed by atoms with van der Waals surface area (Å²) in [7, 11) is -3.38. The molecule has 2 aromatic carbocycles. The van der Waals surface area contributed by atoms with E-state index in [1.54, 1.807) is 12.1 Å². The first-order valence-corrected chi connectivity index (χ1v) is 10.7. The molecular weight excluding hydrogens is 426 g/mol. The van der Waals surface area contributed by atoms with Crippen molar-refractivity contribution in [1.82, 2.24) is 9.99 Å². The summed E-state index contributed by atoms with van der Waals surface area (Å²) in [5.41, 5.74) is 6.43. The number of amides is 1. The molecule has 0 aliphatic rings. The normalized spacial score (nSPS) is 11.2. The van der Waals surface area contributed by atoms with E-state index in [2.05, 4.69) is 15.6 Å². The number of thiazole rings is 1. The molecular formula is C15H13N5O5S3. The Bertz CT molecular complexity index is 1230. The maximum absolute atomic E-state index is 12.5. The minimum absolute atomic E-state index is 0.0859. The van der Waals surface area contributed by atoms with Gasteiger partial charge in [0.2, 0.25) is 10.0 Å². The molecule has 146 valence electrons. The van der Waals surface area contributed by atoms with Crippen molar-refractivity contribution in [2.24, 2.45) is 0 Å². The van der Waals surface area contributed by atoms with Gasteiger partial charge >= 0.3 is 6.03 Å². The Morgan fingerprint density at radius 1 is 1.18 bits per heavy atom. The van der Waals surface area contributed by atoms with Crippen LogP contribution in [0.25, 0.3) is 10.2 Å². The lowest BCUT2D eigenvalue weighted by Gasteiger charge is -2.10. The van der Waals surface area contributed by atoms with Crippen LogP contribution in [0.1, 0.15) is 0 Å². The summed E-state index contributed by atoms with van der Waals surface area (Å²) in [6, 6.07) is 9.76. The zero-order valence-electron chi connectivity index (χ0n) is 14.2. The highest BCUT2D eigenvalue weighted by Crippen LogP contribution is 2.27. The van der Waals surface area contributed by atoms with Crippen LogP contribution in [-0.2, 0) is 10.0 Å². The van der Waals surface area contributed by atoms with Crippen LogP contribution >= 0.6 is 23.6 Å². The number of carbonyl (C=O) groups excluding carboxylic acids is 1. The topological polar surface area (TPSA) is 135 Å². The van der Waals surface area contributed by atoms with Crippen molar-refractivity contribution in [1.29, 1.82) is 0 Å². The Morgan fingerprint density at radius 3 is 2.43 bits per heavy atom. The van der Waals surface area contributed by atoms with Crippen LogP contribution in [0.3, 0.4) is 0 Å². The molecule has 10 nitrogen and oxygen atoms in total. The first-order valence-electron chi connectivity index (χ1n) is 7.58. The predicted octanol–water partition coefficient (Wildman–Crippen LogP) is 3.30. The first kappa shape index (κ1) is 19.7. The summed E-state index contributed by atoms with van der Waals surface area (Å²) in [5, 5.41) is 10.9. The summed E-state index contributed by atoms with van der Waals surface area (Å²) in [6.07, 6.45) is 1.04. The standard InChI is InChI=1S/C15H13N5O5S3/c1-28(24,25)18-10-4-2-9(3-5-10)16-17-14(21)19-12-7-6-11(20(22)23)8-13(12)27-15(19)26/h2-8,16,18H,1H3,(H,17,21). The molecule has 28 heavy (non-hydrogen) atoms. The fraction of sp³-hybridized carbons (Fsp3) is 0.0667. The van der Waals surface area contributed by atoms with E-state index in [1.165, 1.54) is 34.9 Å². The molecule has 3 rings (SSSR count). The number of benzene rings is 2. The first-order chi connectivity index (χ1) is 13.1. The van der Waals surface area contributed by atoms with Crippen LogP contribution in [0, 0.1) is 14.1 Å². The summed E-state index contributed by atoms with van der Waals surface area (Å²) >= 11 is 6.28. The molecule has 0 saturated carbocycles. The highest BCUT2D eigenvalue weighted by Gasteiger charge is 2.15. The van der Waals surface area contributed by atoms with Gasteiger partial charge in [0.05, 0.1) is 27.1 Å². The zero-order chi connectivity index (χ0) is 20.5. The number of nitrogens with one attached hydrogen (secondary N) is 3. The number of carbonyl (C=O) groups is 1. The van der Waals surface area contributed by atoms with Gasteiger partial charge < -0.3 is 0 Å².